The van der Waals surface area contributed by atoms with Crippen molar-refractivity contribution >= 4 is 23.5 Å². The zero-order valence-electron chi connectivity index (χ0n) is 18.3. The number of rotatable bonds is 5. The fraction of sp³-hybridized carbons (Fsp3) is 0.545. The average Bonchev–Trinajstić information content (AvgIpc) is 2.93. The van der Waals surface area contributed by atoms with Crippen LogP contribution in [0.1, 0.15) is 54.7 Å². The largest absolute Gasteiger partial charge is 0.496 e. The molecular formula is C22H29N3O5S. The van der Waals surface area contributed by atoms with Crippen molar-refractivity contribution in [1.29, 1.82) is 0 Å². The molecule has 1 fully saturated rings. The van der Waals surface area contributed by atoms with E-state index in [1.165, 1.54) is 11.8 Å². The minimum absolute atomic E-state index is 0.0455. The molecule has 4 rings (SSSR count). The number of ether oxygens (including phenoxy) is 3. The molecule has 8 nitrogen and oxygen atoms in total. The van der Waals surface area contributed by atoms with Crippen molar-refractivity contribution in [2.45, 2.75) is 50.2 Å². The molecule has 2 N–H and O–H groups in total. The number of carbonyl (C=O) groups is 1. The third kappa shape index (κ3) is 4.40. The number of nitrogens with one attached hydrogen (secondary N) is 2. The number of aromatic amines is 1. The van der Waals surface area contributed by atoms with Crippen molar-refractivity contribution in [3.8, 4) is 5.75 Å². The number of anilines is 1. The van der Waals surface area contributed by atoms with Crippen molar-refractivity contribution in [3.63, 3.8) is 0 Å². The zero-order chi connectivity index (χ0) is 22.2. The molecule has 0 aliphatic carbocycles. The van der Waals surface area contributed by atoms with Crippen LogP contribution in [0.15, 0.2) is 23.0 Å². The first-order valence-electron chi connectivity index (χ1n) is 10.4. The Morgan fingerprint density at radius 3 is 2.81 bits per heavy atom. The van der Waals surface area contributed by atoms with Gasteiger partial charge in [0, 0.05) is 19.3 Å². The second-order valence-electron chi connectivity index (χ2n) is 8.57. The highest BCUT2D eigenvalue weighted by atomic mass is 32.2. The van der Waals surface area contributed by atoms with Crippen LogP contribution in [-0.4, -0.2) is 47.9 Å². The van der Waals surface area contributed by atoms with E-state index in [2.05, 4.69) is 10.4 Å². The van der Waals surface area contributed by atoms with Crippen LogP contribution in [0.25, 0.3) is 0 Å². The number of H-pyrrole nitrogens is 1. The molecule has 1 saturated heterocycles. The molecule has 9 heteroatoms. The Bertz CT molecular complexity index is 1030. The van der Waals surface area contributed by atoms with Crippen LogP contribution in [0.3, 0.4) is 0 Å². The van der Waals surface area contributed by atoms with Crippen molar-refractivity contribution < 1.29 is 19.0 Å². The molecule has 0 spiro atoms. The second kappa shape index (κ2) is 8.72. The third-order valence-corrected chi connectivity index (χ3v) is 7.08. The van der Waals surface area contributed by atoms with E-state index in [1.807, 2.05) is 36.7 Å². The van der Waals surface area contributed by atoms with Gasteiger partial charge in [0.05, 0.1) is 41.9 Å². The molecule has 2 aliphatic heterocycles. The molecule has 3 heterocycles. The lowest BCUT2D eigenvalue weighted by molar-refractivity contribution is -0.113. The van der Waals surface area contributed by atoms with Crippen LogP contribution in [-0.2, 0) is 20.9 Å². The quantitative estimate of drug-likeness (QED) is 0.731. The Kier molecular flexibility index (Phi) is 6.18. The van der Waals surface area contributed by atoms with Gasteiger partial charge in [0.1, 0.15) is 11.6 Å². The van der Waals surface area contributed by atoms with E-state index < -0.39 is 0 Å². The summed E-state index contributed by atoms with van der Waals surface area (Å²) in [7, 11) is 3.25. The highest BCUT2D eigenvalue weighted by Crippen LogP contribution is 2.43. The summed E-state index contributed by atoms with van der Waals surface area (Å²) in [6.07, 6.45) is 1.52. The predicted molar refractivity (Wildman–Crippen MR) is 120 cm³/mol. The smallest absolute Gasteiger partial charge is 0.270 e. The second-order valence-corrected chi connectivity index (χ2v) is 9.66. The van der Waals surface area contributed by atoms with E-state index in [0.29, 0.717) is 24.6 Å². The molecule has 1 aromatic carbocycles. The molecule has 1 amide bonds. The van der Waals surface area contributed by atoms with Gasteiger partial charge in [-0.05, 0) is 44.4 Å². The molecular weight excluding hydrogens is 418 g/mol. The van der Waals surface area contributed by atoms with E-state index in [-0.39, 0.29) is 34.1 Å². The summed E-state index contributed by atoms with van der Waals surface area (Å²) in [5.41, 5.74) is 1.95. The zero-order valence-corrected chi connectivity index (χ0v) is 19.1. The SMILES string of the molecule is COCc1cc([C@H]2SCC(=O)Nc3c2c(=O)[nH]n3[C@@H]2CCOC(C)(C)C2)ccc1OC. The summed E-state index contributed by atoms with van der Waals surface area (Å²) in [6.45, 7) is 5.10. The van der Waals surface area contributed by atoms with Crippen LogP contribution >= 0.6 is 11.8 Å². The maximum atomic E-state index is 13.1. The van der Waals surface area contributed by atoms with E-state index in [4.69, 9.17) is 14.2 Å². The van der Waals surface area contributed by atoms with Crippen molar-refractivity contribution in [2.75, 3.05) is 31.9 Å². The van der Waals surface area contributed by atoms with Gasteiger partial charge in [-0.2, -0.15) is 0 Å². The van der Waals surface area contributed by atoms with Gasteiger partial charge in [-0.3, -0.25) is 19.4 Å². The molecule has 2 atom stereocenters. The van der Waals surface area contributed by atoms with E-state index in [9.17, 15) is 9.59 Å². The highest BCUT2D eigenvalue weighted by molar-refractivity contribution is 8.00. The fourth-order valence-electron chi connectivity index (χ4n) is 4.43. The van der Waals surface area contributed by atoms with Gasteiger partial charge in [0.25, 0.3) is 5.56 Å². The minimum atomic E-state index is -0.287. The Labute approximate surface area is 185 Å². The number of methoxy groups -OCH3 is 2. The van der Waals surface area contributed by atoms with E-state index in [1.54, 1.807) is 14.2 Å². The Hall–Kier alpha value is -2.23. The topological polar surface area (TPSA) is 94.6 Å². The highest BCUT2D eigenvalue weighted by Gasteiger charge is 2.36. The summed E-state index contributed by atoms with van der Waals surface area (Å²) in [6, 6.07) is 5.87. The first-order valence-corrected chi connectivity index (χ1v) is 11.4. The molecule has 2 aromatic rings. The van der Waals surface area contributed by atoms with Crippen LogP contribution in [0, 0.1) is 0 Å². The third-order valence-electron chi connectivity index (χ3n) is 5.81. The first kappa shape index (κ1) is 22.0. The number of amides is 1. The van der Waals surface area contributed by atoms with Gasteiger partial charge in [-0.1, -0.05) is 6.07 Å². The van der Waals surface area contributed by atoms with Gasteiger partial charge >= 0.3 is 0 Å². The number of fused-ring (bicyclic) bond motifs is 1. The van der Waals surface area contributed by atoms with Gasteiger partial charge < -0.3 is 19.5 Å². The number of hydrogen-bond acceptors (Lipinski definition) is 6. The molecule has 2 aliphatic rings. The Morgan fingerprint density at radius 2 is 2.10 bits per heavy atom. The molecule has 0 radical (unpaired) electrons. The number of hydrogen-bond donors (Lipinski definition) is 2. The van der Waals surface area contributed by atoms with Gasteiger partial charge in [-0.25, -0.2) is 0 Å². The predicted octanol–water partition coefficient (Wildman–Crippen LogP) is 3.24. The number of carbonyl (C=O) groups excluding carboxylic acids is 1. The Balaban J connectivity index is 1.79. The van der Waals surface area contributed by atoms with Crippen LogP contribution in [0.2, 0.25) is 0 Å². The van der Waals surface area contributed by atoms with Gasteiger partial charge in [0.2, 0.25) is 5.91 Å². The molecule has 1 aromatic heterocycles. The van der Waals surface area contributed by atoms with E-state index in [0.717, 1.165) is 29.7 Å². The standard InChI is InChI=1S/C22H29N3O5S/c1-22(2)10-15(7-8-30-22)25-20-18(21(27)24-25)19(31-12-17(26)23-20)13-5-6-16(29-4)14(9-13)11-28-3/h5-6,9,15,19H,7-8,10-12H2,1-4H3,(H,23,26)(H,24,27)/t15-,19-/m1/s1. The normalized spacial score (nSPS) is 23.0. The van der Waals surface area contributed by atoms with E-state index >= 15 is 0 Å². The number of benzene rings is 1. The van der Waals surface area contributed by atoms with Gasteiger partial charge in [-0.15, -0.1) is 11.8 Å². The van der Waals surface area contributed by atoms with Crippen LogP contribution in [0.4, 0.5) is 5.82 Å². The maximum Gasteiger partial charge on any atom is 0.270 e. The summed E-state index contributed by atoms with van der Waals surface area (Å²) < 4.78 is 18.4. The molecule has 31 heavy (non-hydrogen) atoms. The van der Waals surface area contributed by atoms with Crippen molar-refractivity contribution in [1.82, 2.24) is 9.78 Å². The van der Waals surface area contributed by atoms with Crippen LogP contribution < -0.4 is 15.6 Å². The van der Waals surface area contributed by atoms with Crippen molar-refractivity contribution in [2.24, 2.45) is 0 Å². The average molecular weight is 448 g/mol. The number of nitrogens with zero attached hydrogens (tertiary/aromatic N) is 1. The van der Waals surface area contributed by atoms with Crippen molar-refractivity contribution in [3.05, 3.63) is 45.2 Å². The molecule has 0 unspecified atom stereocenters. The molecule has 0 saturated carbocycles. The summed E-state index contributed by atoms with van der Waals surface area (Å²) in [4.78, 5) is 25.7. The minimum Gasteiger partial charge on any atom is -0.496 e. The maximum absolute atomic E-state index is 13.1. The summed E-state index contributed by atoms with van der Waals surface area (Å²) in [5.74, 6) is 1.45. The monoisotopic (exact) mass is 447 g/mol. The van der Waals surface area contributed by atoms with Gasteiger partial charge in [0.15, 0.2) is 0 Å². The number of thioether (sulfide) groups is 1. The van der Waals surface area contributed by atoms with Crippen LogP contribution in [0.5, 0.6) is 5.75 Å². The molecule has 0 bridgehead atoms. The summed E-state index contributed by atoms with van der Waals surface area (Å²) in [5, 5.41) is 5.70. The number of aromatic nitrogens is 2. The molecule has 168 valence electrons. The first-order chi connectivity index (χ1) is 14.8. The Morgan fingerprint density at radius 1 is 1.29 bits per heavy atom. The fourth-order valence-corrected chi connectivity index (χ4v) is 5.55. The lowest BCUT2D eigenvalue weighted by Crippen LogP contribution is -2.36. The lowest BCUT2D eigenvalue weighted by atomic mass is 9.94. The lowest BCUT2D eigenvalue weighted by Gasteiger charge is -2.36. The summed E-state index contributed by atoms with van der Waals surface area (Å²) >= 11 is 1.45.